The first kappa shape index (κ1) is 30.1. The van der Waals surface area contributed by atoms with Gasteiger partial charge in [0.25, 0.3) is 0 Å². The number of hydrogen-bond donors (Lipinski definition) is 0. The number of hydrogen-bond acceptors (Lipinski definition) is 0. The molecule has 0 N–H and O–H groups in total. The fraction of sp³-hybridized carbons (Fsp3) is 0.263. The molecule has 4 aromatic rings. The van der Waals surface area contributed by atoms with Gasteiger partial charge in [0.1, 0.15) is 0 Å². The van der Waals surface area contributed by atoms with Crippen LogP contribution >= 0.6 is 17.0 Å². The molecular weight excluding hydrogens is 647 g/mol. The zero-order valence-corrected chi connectivity index (χ0v) is 30.4. The SMILES string of the molecule is CC(C)(C)c1ccc2c(c1)[CH]([Zr]([Cl])([Cl])([CH]1C=CC=C1)=[Si](c1ccccc1)c1ccccc1)c1cc(C(C)(C)C)ccc1-2. The van der Waals surface area contributed by atoms with Gasteiger partial charge < -0.3 is 0 Å². The summed E-state index contributed by atoms with van der Waals surface area (Å²) in [5, 5.41) is 2.60. The third-order valence-electron chi connectivity index (χ3n) is 9.24. The molecule has 0 aliphatic heterocycles. The molecule has 0 bridgehead atoms. The first-order valence-corrected chi connectivity index (χ1v) is 29.4. The molecule has 0 spiro atoms. The molecule has 42 heavy (non-hydrogen) atoms. The summed E-state index contributed by atoms with van der Waals surface area (Å²) in [4.78, 5) is 0. The maximum atomic E-state index is 8.75. The Morgan fingerprint density at radius 2 is 0.976 bits per heavy atom. The Bertz CT molecular complexity index is 1680. The zero-order chi connectivity index (χ0) is 29.9. The summed E-state index contributed by atoms with van der Waals surface area (Å²) >= 11 is -5.14. The van der Waals surface area contributed by atoms with E-state index in [1.165, 1.54) is 43.8 Å². The van der Waals surface area contributed by atoms with Crippen LogP contribution in [0.15, 0.2) is 121 Å². The molecule has 0 heterocycles. The van der Waals surface area contributed by atoms with Crippen molar-refractivity contribution in [1.29, 1.82) is 0 Å². The predicted molar refractivity (Wildman–Crippen MR) is 183 cm³/mol. The standard InChI is InChI=1S/C21H25.C12H10Si.C5H5.2ClH.Zr/c1-20(2,3)16-7-9-18-14(12-16)11-15-13-17(21(4,5)6)8-10-19(15)18;1-3-7-11(8-4-1)13-12-9-5-2-6-10-12;1-2-4-5-3-1;;;/h7-13H,1-6H3;1-10H;1-5H;2*1H;/q;;;;;+2/p-2. The van der Waals surface area contributed by atoms with Crippen molar-refractivity contribution in [2.45, 2.75) is 59.6 Å². The molecular formula is C38H40Cl2SiZr. The van der Waals surface area contributed by atoms with Gasteiger partial charge in [0.2, 0.25) is 0 Å². The van der Waals surface area contributed by atoms with E-state index in [-0.39, 0.29) is 18.1 Å². The van der Waals surface area contributed by atoms with Crippen molar-refractivity contribution in [3.63, 3.8) is 0 Å². The molecule has 0 saturated heterocycles. The molecule has 4 aromatic carbocycles. The quantitative estimate of drug-likeness (QED) is 0.188. The number of halogens is 2. The van der Waals surface area contributed by atoms with Crippen molar-refractivity contribution in [3.8, 4) is 11.1 Å². The van der Waals surface area contributed by atoms with Gasteiger partial charge in [-0.25, -0.2) is 0 Å². The summed E-state index contributed by atoms with van der Waals surface area (Å²) in [5.74, 6) is 0. The fourth-order valence-electron chi connectivity index (χ4n) is 6.98. The Morgan fingerprint density at radius 3 is 1.36 bits per heavy atom. The molecule has 4 heteroatoms. The first-order valence-electron chi connectivity index (χ1n) is 15.0. The van der Waals surface area contributed by atoms with Crippen LogP contribution in [-0.4, -0.2) is 5.43 Å². The molecule has 0 atom stereocenters. The monoisotopic (exact) mass is 684 g/mol. The molecule has 0 aromatic heterocycles. The van der Waals surface area contributed by atoms with E-state index < -0.39 is 20.4 Å². The summed E-state index contributed by atoms with van der Waals surface area (Å²) in [6, 6.07) is 36.1. The molecule has 0 saturated carbocycles. The molecule has 2 aliphatic rings. The fourth-order valence-corrected chi connectivity index (χ4v) is 47.7. The van der Waals surface area contributed by atoms with Crippen molar-refractivity contribution in [2.75, 3.05) is 0 Å². The van der Waals surface area contributed by atoms with Gasteiger partial charge in [-0.15, -0.1) is 0 Å². The van der Waals surface area contributed by atoms with Crippen molar-refractivity contribution in [1.82, 2.24) is 0 Å². The molecule has 6 rings (SSSR count). The van der Waals surface area contributed by atoms with E-state index in [1.54, 1.807) is 0 Å². The summed E-state index contributed by atoms with van der Waals surface area (Å²) in [6.45, 7) is 13.8. The molecule has 2 aliphatic carbocycles. The van der Waals surface area contributed by atoms with E-state index in [0.29, 0.717) is 0 Å². The predicted octanol–water partition coefficient (Wildman–Crippen LogP) is 10.1. The average Bonchev–Trinajstić information content (AvgIpc) is 3.61. The van der Waals surface area contributed by atoms with E-state index in [9.17, 15) is 0 Å². The Balaban J connectivity index is 1.84. The second kappa shape index (κ2) is 10.6. The number of rotatable bonds is 4. The van der Waals surface area contributed by atoms with Gasteiger partial charge in [-0.1, -0.05) is 0 Å². The Labute approximate surface area is 260 Å². The van der Waals surface area contributed by atoms with Crippen LogP contribution in [0.4, 0.5) is 0 Å². The van der Waals surface area contributed by atoms with Gasteiger partial charge in [-0.05, 0) is 0 Å². The van der Waals surface area contributed by atoms with E-state index in [4.69, 9.17) is 17.0 Å². The molecule has 0 amide bonds. The average molecular weight is 687 g/mol. The van der Waals surface area contributed by atoms with Crippen LogP contribution in [0.5, 0.6) is 0 Å². The van der Waals surface area contributed by atoms with Crippen LogP contribution in [0.1, 0.15) is 67.4 Å². The van der Waals surface area contributed by atoms with Gasteiger partial charge in [0.15, 0.2) is 0 Å². The summed E-state index contributed by atoms with van der Waals surface area (Å²) < 4.78 is -0.0273. The van der Waals surface area contributed by atoms with E-state index in [0.717, 1.165) is 0 Å². The van der Waals surface area contributed by atoms with Crippen LogP contribution in [0, 0.1) is 0 Å². The summed E-state index contributed by atoms with van der Waals surface area (Å²) in [5.41, 5.74) is 6.25. The van der Waals surface area contributed by atoms with Crippen LogP contribution in [0.2, 0.25) is 3.63 Å². The van der Waals surface area contributed by atoms with Gasteiger partial charge in [0.05, 0.1) is 0 Å². The number of allylic oxidation sites excluding steroid dienone is 4. The second-order valence-electron chi connectivity index (χ2n) is 14.1. The molecule has 0 radical (unpaired) electrons. The summed E-state index contributed by atoms with van der Waals surface area (Å²) in [7, 11) is 17.5. The normalized spacial score (nSPS) is 15.6. The molecule has 0 unspecified atom stereocenters. The van der Waals surface area contributed by atoms with Gasteiger partial charge >= 0.3 is 262 Å². The molecule has 0 nitrogen and oxygen atoms in total. The minimum atomic E-state index is -5.14. The van der Waals surface area contributed by atoms with Crippen molar-refractivity contribution in [2.24, 2.45) is 0 Å². The maximum absolute atomic E-state index is 8.75. The zero-order valence-electron chi connectivity index (χ0n) is 25.5. The van der Waals surface area contributed by atoms with Gasteiger partial charge in [0, 0.05) is 0 Å². The number of fused-ring (bicyclic) bond motifs is 3. The van der Waals surface area contributed by atoms with Gasteiger partial charge in [-0.2, -0.15) is 0 Å². The Hall–Kier alpha value is -1.96. The molecule has 0 fully saturated rings. The Kier molecular flexibility index (Phi) is 7.58. The first-order chi connectivity index (χ1) is 19.8. The third-order valence-corrected chi connectivity index (χ3v) is 47.3. The van der Waals surface area contributed by atoms with Crippen molar-refractivity contribution >= 4 is 32.8 Å². The van der Waals surface area contributed by atoms with Gasteiger partial charge in [-0.3, -0.25) is 0 Å². The van der Waals surface area contributed by atoms with Crippen LogP contribution in [-0.2, 0) is 25.8 Å². The summed E-state index contributed by atoms with van der Waals surface area (Å²) in [6.07, 6.45) is 8.93. The van der Waals surface area contributed by atoms with E-state index in [1.807, 2.05) is 0 Å². The van der Waals surface area contributed by atoms with Crippen molar-refractivity contribution < 1.29 is 15.0 Å². The van der Waals surface area contributed by atoms with E-state index >= 15 is 0 Å². The second-order valence-corrected chi connectivity index (χ2v) is 49.3. The Morgan fingerprint density at radius 1 is 0.571 bits per heavy atom. The van der Waals surface area contributed by atoms with Crippen LogP contribution in [0.3, 0.4) is 0 Å². The van der Waals surface area contributed by atoms with Crippen LogP contribution in [0.25, 0.3) is 11.1 Å². The van der Waals surface area contributed by atoms with Crippen LogP contribution < -0.4 is 10.4 Å². The topological polar surface area (TPSA) is 0 Å². The minimum absolute atomic E-state index is 0.00859. The van der Waals surface area contributed by atoms with E-state index in [2.05, 4.69) is 163 Å². The third kappa shape index (κ3) is 4.92. The number of benzene rings is 4. The molecule has 214 valence electrons. The van der Waals surface area contributed by atoms with Crippen molar-refractivity contribution in [3.05, 3.63) is 144 Å².